The number of aliphatic carboxylic acids is 1. The molecule has 1 aliphatic heterocycles. The molecule has 5 heteroatoms. The number of rotatable bonds is 2. The summed E-state index contributed by atoms with van der Waals surface area (Å²) in [6.45, 7) is 3.14. The van der Waals surface area contributed by atoms with Gasteiger partial charge in [0.25, 0.3) is 0 Å². The van der Waals surface area contributed by atoms with Gasteiger partial charge in [-0.3, -0.25) is 4.79 Å². The number of carboxylic acid groups (broad SMARTS) is 1. The van der Waals surface area contributed by atoms with E-state index in [1.807, 2.05) is 12.1 Å². The van der Waals surface area contributed by atoms with Crippen LogP contribution in [0.5, 0.6) is 0 Å². The van der Waals surface area contributed by atoms with Crippen molar-refractivity contribution in [3.05, 3.63) is 28.2 Å². The molecule has 1 N–H and O–H groups in total. The Hall–Kier alpha value is -1.54. The van der Waals surface area contributed by atoms with Crippen molar-refractivity contribution in [2.24, 2.45) is 5.41 Å². The molecule has 0 radical (unpaired) electrons. The largest absolute Gasteiger partial charge is 0.481 e. The molecule has 19 heavy (non-hydrogen) atoms. The van der Waals surface area contributed by atoms with E-state index >= 15 is 0 Å². The van der Waals surface area contributed by atoms with Gasteiger partial charge in [-0.25, -0.2) is 0 Å². The lowest BCUT2D eigenvalue weighted by molar-refractivity contribution is -0.148. The number of nitrogens with zero attached hydrogens (tertiary/aromatic N) is 2. The minimum Gasteiger partial charge on any atom is -0.481 e. The standard InChI is InChI=1S/C14H15BrN2O2/c1-14(13(18)19)5-2-6-17(9-14)11-4-3-10(8-16)12(15)7-11/h3-4,7H,2,5-6,9H2,1H3,(H,18,19). The number of hydrogen-bond donors (Lipinski definition) is 1. The number of benzene rings is 1. The molecule has 0 aromatic heterocycles. The third kappa shape index (κ3) is 2.74. The minimum absolute atomic E-state index is 0.501. The Labute approximate surface area is 120 Å². The van der Waals surface area contributed by atoms with Crippen LogP contribution in [0.1, 0.15) is 25.3 Å². The van der Waals surface area contributed by atoms with Gasteiger partial charge in [-0.2, -0.15) is 5.26 Å². The topological polar surface area (TPSA) is 64.3 Å². The highest BCUT2D eigenvalue weighted by Gasteiger charge is 2.37. The van der Waals surface area contributed by atoms with Gasteiger partial charge in [-0.05, 0) is 53.9 Å². The summed E-state index contributed by atoms with van der Waals surface area (Å²) in [7, 11) is 0. The fraction of sp³-hybridized carbons (Fsp3) is 0.429. The van der Waals surface area contributed by atoms with E-state index in [1.165, 1.54) is 0 Å². The maximum atomic E-state index is 11.3. The number of carbonyl (C=O) groups is 1. The van der Waals surface area contributed by atoms with Gasteiger partial charge in [-0.1, -0.05) is 0 Å². The third-order valence-corrected chi connectivity index (χ3v) is 4.31. The van der Waals surface area contributed by atoms with Crippen molar-refractivity contribution >= 4 is 27.6 Å². The summed E-state index contributed by atoms with van der Waals surface area (Å²) in [5.41, 5.74) is 0.846. The molecular weight excluding hydrogens is 308 g/mol. The van der Waals surface area contributed by atoms with Crippen LogP contribution in [0.2, 0.25) is 0 Å². The zero-order valence-electron chi connectivity index (χ0n) is 10.7. The van der Waals surface area contributed by atoms with Gasteiger partial charge >= 0.3 is 5.97 Å². The molecule has 100 valence electrons. The molecule has 4 nitrogen and oxygen atoms in total. The first-order valence-corrected chi connectivity index (χ1v) is 6.93. The van der Waals surface area contributed by atoms with Crippen molar-refractivity contribution in [2.75, 3.05) is 18.0 Å². The monoisotopic (exact) mass is 322 g/mol. The van der Waals surface area contributed by atoms with Gasteiger partial charge in [0, 0.05) is 23.2 Å². The van der Waals surface area contributed by atoms with Crippen LogP contribution in [0.15, 0.2) is 22.7 Å². The Balaban J connectivity index is 2.25. The first-order chi connectivity index (χ1) is 8.96. The fourth-order valence-corrected chi connectivity index (χ4v) is 2.88. The number of nitriles is 1. The highest BCUT2D eigenvalue weighted by Crippen LogP contribution is 2.33. The number of carboxylic acids is 1. The molecule has 0 saturated carbocycles. The summed E-state index contributed by atoms with van der Waals surface area (Å²) in [6.07, 6.45) is 1.57. The molecular formula is C14H15BrN2O2. The summed E-state index contributed by atoms with van der Waals surface area (Å²) in [5, 5.41) is 18.2. The zero-order valence-corrected chi connectivity index (χ0v) is 12.3. The van der Waals surface area contributed by atoms with Crippen LogP contribution in [-0.2, 0) is 4.79 Å². The van der Waals surface area contributed by atoms with Gasteiger partial charge in [0.15, 0.2) is 0 Å². The molecule has 1 unspecified atom stereocenters. The molecule has 1 fully saturated rings. The molecule has 1 heterocycles. The third-order valence-electron chi connectivity index (χ3n) is 3.65. The van der Waals surface area contributed by atoms with Gasteiger partial charge in [0.05, 0.1) is 11.0 Å². The molecule has 1 aliphatic rings. The van der Waals surface area contributed by atoms with Crippen molar-refractivity contribution in [3.8, 4) is 6.07 Å². The molecule has 1 saturated heterocycles. The average Bonchev–Trinajstić information content (AvgIpc) is 2.38. The van der Waals surface area contributed by atoms with Gasteiger partial charge in [0.2, 0.25) is 0 Å². The van der Waals surface area contributed by atoms with Crippen LogP contribution in [0, 0.1) is 16.7 Å². The molecule has 0 aliphatic carbocycles. The smallest absolute Gasteiger partial charge is 0.311 e. The first kappa shape index (κ1) is 13.9. The number of piperidine rings is 1. The van der Waals surface area contributed by atoms with E-state index in [0.717, 1.165) is 23.1 Å². The lowest BCUT2D eigenvalue weighted by Gasteiger charge is -2.39. The number of hydrogen-bond acceptors (Lipinski definition) is 3. The highest BCUT2D eigenvalue weighted by molar-refractivity contribution is 9.10. The predicted octanol–water partition coefficient (Wildman–Crippen LogP) is 3.01. The Bertz CT molecular complexity index is 553. The second-order valence-corrected chi connectivity index (χ2v) is 6.02. The lowest BCUT2D eigenvalue weighted by Crippen LogP contribution is -2.46. The van der Waals surface area contributed by atoms with E-state index in [0.29, 0.717) is 18.5 Å². The molecule has 0 amide bonds. The van der Waals surface area contributed by atoms with Gasteiger partial charge in [0.1, 0.15) is 6.07 Å². The molecule has 0 bridgehead atoms. The second-order valence-electron chi connectivity index (χ2n) is 5.17. The van der Waals surface area contributed by atoms with Crippen molar-refractivity contribution < 1.29 is 9.90 Å². The van der Waals surface area contributed by atoms with E-state index in [1.54, 1.807) is 13.0 Å². The van der Waals surface area contributed by atoms with Gasteiger partial charge < -0.3 is 10.0 Å². The van der Waals surface area contributed by atoms with E-state index in [9.17, 15) is 9.90 Å². The van der Waals surface area contributed by atoms with E-state index in [-0.39, 0.29) is 0 Å². The average molecular weight is 323 g/mol. The fourth-order valence-electron chi connectivity index (χ4n) is 2.43. The summed E-state index contributed by atoms with van der Waals surface area (Å²) in [5.74, 6) is -0.745. The molecule has 0 spiro atoms. The van der Waals surface area contributed by atoms with E-state index in [2.05, 4.69) is 26.9 Å². The van der Waals surface area contributed by atoms with Gasteiger partial charge in [-0.15, -0.1) is 0 Å². The summed E-state index contributed by atoms with van der Waals surface area (Å²) >= 11 is 3.37. The summed E-state index contributed by atoms with van der Waals surface area (Å²) < 4.78 is 0.745. The number of anilines is 1. The summed E-state index contributed by atoms with van der Waals surface area (Å²) in [4.78, 5) is 13.4. The van der Waals surface area contributed by atoms with E-state index in [4.69, 9.17) is 5.26 Å². The van der Waals surface area contributed by atoms with Crippen LogP contribution in [0.25, 0.3) is 0 Å². The summed E-state index contributed by atoms with van der Waals surface area (Å²) in [6, 6.07) is 7.61. The van der Waals surface area contributed by atoms with Crippen molar-refractivity contribution in [2.45, 2.75) is 19.8 Å². The van der Waals surface area contributed by atoms with Crippen LogP contribution < -0.4 is 4.90 Å². The van der Waals surface area contributed by atoms with Crippen LogP contribution >= 0.6 is 15.9 Å². The maximum Gasteiger partial charge on any atom is 0.311 e. The molecule has 1 atom stereocenters. The Morgan fingerprint density at radius 1 is 1.58 bits per heavy atom. The molecule has 1 aromatic rings. The lowest BCUT2D eigenvalue weighted by atomic mass is 9.82. The Morgan fingerprint density at radius 2 is 2.32 bits per heavy atom. The molecule has 1 aromatic carbocycles. The van der Waals surface area contributed by atoms with Crippen LogP contribution in [0.4, 0.5) is 5.69 Å². The van der Waals surface area contributed by atoms with Crippen LogP contribution in [-0.4, -0.2) is 24.2 Å². The normalized spacial score (nSPS) is 22.9. The van der Waals surface area contributed by atoms with Crippen molar-refractivity contribution in [1.82, 2.24) is 0 Å². The predicted molar refractivity (Wildman–Crippen MR) is 76.0 cm³/mol. The SMILES string of the molecule is CC1(C(=O)O)CCCN(c2ccc(C#N)c(Br)c2)C1. The minimum atomic E-state index is -0.745. The van der Waals surface area contributed by atoms with E-state index < -0.39 is 11.4 Å². The zero-order chi connectivity index (χ0) is 14.0. The number of halogens is 1. The molecule has 2 rings (SSSR count). The quantitative estimate of drug-likeness (QED) is 0.909. The van der Waals surface area contributed by atoms with Crippen molar-refractivity contribution in [1.29, 1.82) is 5.26 Å². The maximum absolute atomic E-state index is 11.3. The van der Waals surface area contributed by atoms with Crippen LogP contribution in [0.3, 0.4) is 0 Å². The Morgan fingerprint density at radius 3 is 2.89 bits per heavy atom. The highest BCUT2D eigenvalue weighted by atomic mass is 79.9. The second kappa shape index (κ2) is 5.22. The van der Waals surface area contributed by atoms with Crippen molar-refractivity contribution in [3.63, 3.8) is 0 Å². The first-order valence-electron chi connectivity index (χ1n) is 6.14. The Kier molecular flexibility index (Phi) is 3.81.